The highest BCUT2D eigenvalue weighted by Gasteiger charge is 2.60. The van der Waals surface area contributed by atoms with Gasteiger partial charge in [-0.1, -0.05) is 25.5 Å². The highest BCUT2D eigenvalue weighted by Crippen LogP contribution is 2.66. The molecule has 4 aliphatic rings. The summed E-state index contributed by atoms with van der Waals surface area (Å²) in [5.74, 6) is 0.901. The number of carbonyl (C=O) groups excluding carboxylic acids is 1. The normalized spacial score (nSPS) is 47.2. The van der Waals surface area contributed by atoms with E-state index in [4.69, 9.17) is 4.74 Å². The molecule has 0 aromatic rings. The quantitative estimate of drug-likeness (QED) is 0.578. The average molecular weight is 360 g/mol. The summed E-state index contributed by atoms with van der Waals surface area (Å²) in [4.78, 5) is 23.1. The van der Waals surface area contributed by atoms with Crippen molar-refractivity contribution in [1.82, 2.24) is 0 Å². The lowest BCUT2D eigenvalue weighted by Crippen LogP contribution is -2.51. The summed E-state index contributed by atoms with van der Waals surface area (Å²) in [7, 11) is 0. The summed E-state index contributed by atoms with van der Waals surface area (Å²) in [6.07, 6.45) is 10.6. The lowest BCUT2D eigenvalue weighted by Gasteiger charge is -2.57. The van der Waals surface area contributed by atoms with E-state index in [9.17, 15) is 14.7 Å². The van der Waals surface area contributed by atoms with Crippen LogP contribution >= 0.6 is 0 Å². The summed E-state index contributed by atoms with van der Waals surface area (Å²) in [6, 6.07) is 0. The van der Waals surface area contributed by atoms with Crippen molar-refractivity contribution in [3.8, 4) is 0 Å². The van der Waals surface area contributed by atoms with Crippen LogP contribution in [0.25, 0.3) is 0 Å². The third-order valence-electron chi connectivity index (χ3n) is 8.69. The molecule has 4 heteroatoms. The van der Waals surface area contributed by atoms with Crippen LogP contribution in [0.3, 0.4) is 0 Å². The predicted octanol–water partition coefficient (Wildman–Crippen LogP) is 4.58. The van der Waals surface area contributed by atoms with Gasteiger partial charge in [0.1, 0.15) is 6.10 Å². The van der Waals surface area contributed by atoms with Crippen LogP contribution in [-0.2, 0) is 14.3 Å². The van der Waals surface area contributed by atoms with Gasteiger partial charge < -0.3 is 9.84 Å². The van der Waals surface area contributed by atoms with Crippen molar-refractivity contribution in [2.45, 2.75) is 78.2 Å². The van der Waals surface area contributed by atoms with Gasteiger partial charge in [-0.25, -0.2) is 0 Å². The number of rotatable bonds is 2. The van der Waals surface area contributed by atoms with E-state index in [1.807, 2.05) is 0 Å². The molecular formula is C22H32O4. The van der Waals surface area contributed by atoms with Crippen molar-refractivity contribution < 1.29 is 19.4 Å². The van der Waals surface area contributed by atoms with Crippen molar-refractivity contribution in [2.75, 3.05) is 0 Å². The molecule has 0 heterocycles. The van der Waals surface area contributed by atoms with Gasteiger partial charge in [-0.3, -0.25) is 9.59 Å². The number of aliphatic carboxylic acids is 1. The van der Waals surface area contributed by atoms with E-state index in [0.29, 0.717) is 17.8 Å². The molecule has 0 radical (unpaired) electrons. The Hall–Kier alpha value is -1.32. The van der Waals surface area contributed by atoms with Crippen LogP contribution in [0.1, 0.15) is 72.1 Å². The van der Waals surface area contributed by atoms with Crippen LogP contribution in [-0.4, -0.2) is 23.1 Å². The van der Waals surface area contributed by atoms with E-state index < -0.39 is 5.97 Å². The second-order valence-corrected chi connectivity index (χ2v) is 9.75. The van der Waals surface area contributed by atoms with Gasteiger partial charge in [0.25, 0.3) is 0 Å². The van der Waals surface area contributed by atoms with Crippen molar-refractivity contribution in [3.05, 3.63) is 11.6 Å². The largest absolute Gasteiger partial charge is 0.481 e. The second kappa shape index (κ2) is 6.10. The van der Waals surface area contributed by atoms with Crippen molar-refractivity contribution in [2.24, 2.45) is 34.5 Å². The monoisotopic (exact) mass is 360 g/mol. The molecule has 4 nitrogen and oxygen atoms in total. The lowest BCUT2D eigenvalue weighted by atomic mass is 9.47. The summed E-state index contributed by atoms with van der Waals surface area (Å²) in [5, 5.41) is 9.70. The van der Waals surface area contributed by atoms with Gasteiger partial charge in [-0.05, 0) is 73.5 Å². The van der Waals surface area contributed by atoms with E-state index in [0.717, 1.165) is 51.4 Å². The molecule has 144 valence electrons. The molecule has 0 spiro atoms. The standard InChI is InChI=1S/C22H32O4/c1-13(23)26-15-8-10-21(2)14(12-15)4-5-16-17-6-7-19(20(24)25)22(17,3)11-9-18(16)21/h4,15-19H,5-12H2,1-3H3,(H,24,25)/t15-,16+,17-,18-,19-,21-,22-/m1/s1. The van der Waals surface area contributed by atoms with E-state index in [2.05, 4.69) is 19.9 Å². The van der Waals surface area contributed by atoms with Crippen LogP contribution in [0, 0.1) is 34.5 Å². The van der Waals surface area contributed by atoms with E-state index in [1.54, 1.807) is 0 Å². The van der Waals surface area contributed by atoms with E-state index >= 15 is 0 Å². The molecule has 0 aliphatic heterocycles. The topological polar surface area (TPSA) is 63.6 Å². The van der Waals surface area contributed by atoms with Gasteiger partial charge in [0.2, 0.25) is 0 Å². The number of fused-ring (bicyclic) bond motifs is 5. The van der Waals surface area contributed by atoms with Gasteiger partial charge in [0.05, 0.1) is 5.92 Å². The summed E-state index contributed by atoms with van der Waals surface area (Å²) < 4.78 is 5.50. The molecule has 3 fully saturated rings. The third kappa shape index (κ3) is 2.55. The van der Waals surface area contributed by atoms with Crippen molar-refractivity contribution in [1.29, 1.82) is 0 Å². The minimum absolute atomic E-state index is 0.0242. The SMILES string of the molecule is CC(=O)O[C@@H]1CC[C@]2(C)C(=CC[C@H]3[C@H]4CC[C@H](C(=O)O)[C@]4(C)CC[C@H]32)C1. The molecule has 4 rings (SSSR count). The van der Waals surface area contributed by atoms with Crippen LogP contribution in [0.5, 0.6) is 0 Å². The van der Waals surface area contributed by atoms with Crippen LogP contribution in [0.4, 0.5) is 0 Å². The van der Waals surface area contributed by atoms with Crippen molar-refractivity contribution >= 4 is 11.9 Å². The molecule has 3 saturated carbocycles. The summed E-state index contributed by atoms with van der Waals surface area (Å²) in [5.41, 5.74) is 1.68. The van der Waals surface area contributed by atoms with E-state index in [1.165, 1.54) is 12.5 Å². The Morgan fingerprint density at radius 2 is 1.88 bits per heavy atom. The molecule has 4 aliphatic carbocycles. The number of allylic oxidation sites excluding steroid dienone is 1. The zero-order valence-corrected chi connectivity index (χ0v) is 16.3. The lowest BCUT2D eigenvalue weighted by molar-refractivity contribution is -0.151. The Balaban J connectivity index is 1.59. The van der Waals surface area contributed by atoms with Gasteiger partial charge in [0, 0.05) is 13.3 Å². The molecule has 0 amide bonds. The number of hydrogen-bond donors (Lipinski definition) is 1. The maximum Gasteiger partial charge on any atom is 0.307 e. The molecule has 0 saturated heterocycles. The highest BCUT2D eigenvalue weighted by molar-refractivity contribution is 5.71. The number of carboxylic acids is 1. The molecular weight excluding hydrogens is 328 g/mol. The highest BCUT2D eigenvalue weighted by atomic mass is 16.5. The Bertz CT molecular complexity index is 653. The molecule has 0 unspecified atom stereocenters. The van der Waals surface area contributed by atoms with E-state index in [-0.39, 0.29) is 28.8 Å². The fourth-order valence-electron chi connectivity index (χ4n) is 7.37. The Kier molecular flexibility index (Phi) is 4.24. The first-order valence-electron chi connectivity index (χ1n) is 10.4. The second-order valence-electron chi connectivity index (χ2n) is 9.75. The fourth-order valence-corrected chi connectivity index (χ4v) is 7.37. The minimum atomic E-state index is -0.589. The van der Waals surface area contributed by atoms with Gasteiger partial charge >= 0.3 is 11.9 Å². The molecule has 1 N–H and O–H groups in total. The number of ether oxygens (including phenoxy) is 1. The van der Waals surface area contributed by atoms with Gasteiger partial charge in [-0.15, -0.1) is 0 Å². The Labute approximate surface area is 156 Å². The van der Waals surface area contributed by atoms with Crippen LogP contribution < -0.4 is 0 Å². The molecule has 0 aromatic heterocycles. The number of esters is 1. The number of carbonyl (C=O) groups is 2. The number of carboxylic acid groups (broad SMARTS) is 1. The molecule has 26 heavy (non-hydrogen) atoms. The van der Waals surface area contributed by atoms with Crippen LogP contribution in [0.2, 0.25) is 0 Å². The van der Waals surface area contributed by atoms with Gasteiger partial charge in [-0.2, -0.15) is 0 Å². The Morgan fingerprint density at radius 1 is 1.12 bits per heavy atom. The molecule has 7 atom stereocenters. The number of hydrogen-bond acceptors (Lipinski definition) is 3. The molecule has 0 aromatic carbocycles. The van der Waals surface area contributed by atoms with Crippen molar-refractivity contribution in [3.63, 3.8) is 0 Å². The predicted molar refractivity (Wildman–Crippen MR) is 98.4 cm³/mol. The third-order valence-corrected chi connectivity index (χ3v) is 8.69. The first-order chi connectivity index (χ1) is 12.3. The van der Waals surface area contributed by atoms with Crippen LogP contribution in [0.15, 0.2) is 11.6 Å². The average Bonchev–Trinajstić information content (AvgIpc) is 2.92. The fraction of sp³-hybridized carbons (Fsp3) is 0.818. The molecule has 0 bridgehead atoms. The maximum atomic E-state index is 11.8. The minimum Gasteiger partial charge on any atom is -0.481 e. The van der Waals surface area contributed by atoms with Gasteiger partial charge in [0.15, 0.2) is 0 Å². The smallest absolute Gasteiger partial charge is 0.307 e. The Morgan fingerprint density at radius 3 is 2.58 bits per heavy atom. The summed E-state index contributed by atoms with van der Waals surface area (Å²) >= 11 is 0. The zero-order chi connectivity index (χ0) is 18.7. The first-order valence-corrected chi connectivity index (χ1v) is 10.4. The maximum absolute atomic E-state index is 11.8. The zero-order valence-electron chi connectivity index (χ0n) is 16.3. The summed E-state index contributed by atoms with van der Waals surface area (Å²) in [6.45, 7) is 6.17. The first kappa shape index (κ1) is 18.1.